The van der Waals surface area contributed by atoms with Crippen LogP contribution in [0.2, 0.25) is 0 Å². The fourth-order valence-electron chi connectivity index (χ4n) is 3.36. The second-order valence-electron chi connectivity index (χ2n) is 6.02. The molecule has 0 radical (unpaired) electrons. The van der Waals surface area contributed by atoms with Crippen molar-refractivity contribution in [2.45, 2.75) is 52.0 Å². The lowest BCUT2D eigenvalue weighted by atomic mass is 9.65. The summed E-state index contributed by atoms with van der Waals surface area (Å²) in [7, 11) is 2.13. The summed E-state index contributed by atoms with van der Waals surface area (Å²) in [5.41, 5.74) is 0.503. The van der Waals surface area contributed by atoms with Crippen LogP contribution in [0.3, 0.4) is 0 Å². The summed E-state index contributed by atoms with van der Waals surface area (Å²) in [6.07, 6.45) is 6.81. The highest BCUT2D eigenvalue weighted by atomic mass is 32.1. The first-order chi connectivity index (χ1) is 8.13. The van der Waals surface area contributed by atoms with Crippen LogP contribution in [0.15, 0.2) is 17.5 Å². The van der Waals surface area contributed by atoms with Crippen molar-refractivity contribution in [2.75, 3.05) is 7.05 Å². The van der Waals surface area contributed by atoms with Gasteiger partial charge >= 0.3 is 0 Å². The molecule has 2 atom stereocenters. The van der Waals surface area contributed by atoms with Gasteiger partial charge in [-0.1, -0.05) is 32.8 Å². The van der Waals surface area contributed by atoms with E-state index in [0.29, 0.717) is 11.5 Å². The predicted molar refractivity (Wildman–Crippen MR) is 76.6 cm³/mol. The van der Waals surface area contributed by atoms with Gasteiger partial charge < -0.3 is 5.32 Å². The van der Waals surface area contributed by atoms with Crippen molar-refractivity contribution in [3.05, 3.63) is 22.4 Å². The van der Waals surface area contributed by atoms with Crippen molar-refractivity contribution in [3.63, 3.8) is 0 Å². The van der Waals surface area contributed by atoms with Gasteiger partial charge in [-0.2, -0.15) is 0 Å². The maximum atomic E-state index is 3.57. The van der Waals surface area contributed by atoms with Crippen LogP contribution < -0.4 is 5.32 Å². The minimum absolute atomic E-state index is 0.503. The molecule has 1 nitrogen and oxygen atoms in total. The lowest BCUT2D eigenvalue weighted by Crippen LogP contribution is -2.44. The lowest BCUT2D eigenvalue weighted by molar-refractivity contribution is 0.101. The summed E-state index contributed by atoms with van der Waals surface area (Å²) in [6, 6.07) is 5.08. The van der Waals surface area contributed by atoms with Gasteiger partial charge in [-0.3, -0.25) is 0 Å². The SMILES string of the molecule is CNC(Cc1cccs1)C1CCCCC1(C)C. The van der Waals surface area contributed by atoms with Crippen LogP contribution in [-0.2, 0) is 6.42 Å². The van der Waals surface area contributed by atoms with Crippen molar-refractivity contribution < 1.29 is 0 Å². The number of likely N-dealkylation sites (N-methyl/N-ethyl adjacent to an activating group) is 1. The summed E-state index contributed by atoms with van der Waals surface area (Å²) in [5, 5.41) is 5.76. The van der Waals surface area contributed by atoms with E-state index in [2.05, 4.69) is 43.7 Å². The third kappa shape index (κ3) is 3.11. The Morgan fingerprint density at radius 3 is 2.88 bits per heavy atom. The van der Waals surface area contributed by atoms with Gasteiger partial charge in [0.15, 0.2) is 0 Å². The molecule has 1 aromatic rings. The highest BCUT2D eigenvalue weighted by Gasteiger charge is 2.36. The molecule has 1 saturated carbocycles. The Bertz CT molecular complexity index is 329. The molecule has 1 aliphatic carbocycles. The summed E-state index contributed by atoms with van der Waals surface area (Å²) in [6.45, 7) is 4.91. The molecule has 0 aliphatic heterocycles. The Labute approximate surface area is 110 Å². The molecule has 1 aromatic heterocycles. The Hall–Kier alpha value is -0.340. The van der Waals surface area contributed by atoms with Crippen molar-refractivity contribution in [1.82, 2.24) is 5.32 Å². The van der Waals surface area contributed by atoms with E-state index in [1.165, 1.54) is 37.0 Å². The highest BCUT2D eigenvalue weighted by molar-refractivity contribution is 7.09. The van der Waals surface area contributed by atoms with Gasteiger partial charge in [-0.25, -0.2) is 0 Å². The van der Waals surface area contributed by atoms with Gasteiger partial charge in [0.2, 0.25) is 0 Å². The van der Waals surface area contributed by atoms with Crippen LogP contribution in [0.25, 0.3) is 0 Å². The zero-order valence-corrected chi connectivity index (χ0v) is 12.1. The first-order valence-corrected chi connectivity index (χ1v) is 7.71. The van der Waals surface area contributed by atoms with E-state index in [4.69, 9.17) is 0 Å². The standard InChI is InChI=1S/C15H25NS/c1-15(2)9-5-4-8-13(15)14(16-3)11-12-7-6-10-17-12/h6-7,10,13-14,16H,4-5,8-9,11H2,1-3H3. The van der Waals surface area contributed by atoms with E-state index >= 15 is 0 Å². The molecule has 2 heteroatoms. The highest BCUT2D eigenvalue weighted by Crippen LogP contribution is 2.43. The Morgan fingerprint density at radius 1 is 1.47 bits per heavy atom. The van der Waals surface area contributed by atoms with Crippen molar-refractivity contribution in [1.29, 1.82) is 0 Å². The number of hydrogen-bond acceptors (Lipinski definition) is 2. The van der Waals surface area contributed by atoms with Crippen LogP contribution in [0.4, 0.5) is 0 Å². The van der Waals surface area contributed by atoms with Crippen LogP contribution >= 0.6 is 11.3 Å². The molecule has 0 aromatic carbocycles. The molecule has 0 amide bonds. The molecule has 0 bridgehead atoms. The topological polar surface area (TPSA) is 12.0 Å². The van der Waals surface area contributed by atoms with Crippen LogP contribution in [0.1, 0.15) is 44.4 Å². The summed E-state index contributed by atoms with van der Waals surface area (Å²) >= 11 is 1.89. The largest absolute Gasteiger partial charge is 0.316 e. The summed E-state index contributed by atoms with van der Waals surface area (Å²) in [5.74, 6) is 0.823. The van der Waals surface area contributed by atoms with E-state index in [1.807, 2.05) is 11.3 Å². The smallest absolute Gasteiger partial charge is 0.0146 e. The Morgan fingerprint density at radius 2 is 2.29 bits per heavy atom. The molecule has 1 heterocycles. The molecule has 1 N–H and O–H groups in total. The molecule has 0 spiro atoms. The third-order valence-corrected chi connectivity index (χ3v) is 5.35. The minimum Gasteiger partial charge on any atom is -0.316 e. The molecule has 1 aliphatic rings. The fraction of sp³-hybridized carbons (Fsp3) is 0.733. The average molecular weight is 251 g/mol. The second kappa shape index (κ2) is 5.53. The molecule has 17 heavy (non-hydrogen) atoms. The molecule has 2 rings (SSSR count). The van der Waals surface area contributed by atoms with Gasteiger partial charge in [-0.15, -0.1) is 11.3 Å². The Balaban J connectivity index is 2.06. The average Bonchev–Trinajstić information content (AvgIpc) is 2.79. The van der Waals surface area contributed by atoms with Crippen LogP contribution in [0.5, 0.6) is 0 Å². The van der Waals surface area contributed by atoms with Crippen LogP contribution in [0, 0.1) is 11.3 Å². The van der Waals surface area contributed by atoms with E-state index < -0.39 is 0 Å². The molecule has 1 fully saturated rings. The zero-order valence-electron chi connectivity index (χ0n) is 11.3. The third-order valence-electron chi connectivity index (χ3n) is 4.45. The quantitative estimate of drug-likeness (QED) is 0.849. The zero-order chi connectivity index (χ0) is 12.3. The maximum Gasteiger partial charge on any atom is 0.0146 e. The first kappa shape index (κ1) is 13.1. The molecular weight excluding hydrogens is 226 g/mol. The normalized spacial score (nSPS) is 25.7. The fourth-order valence-corrected chi connectivity index (χ4v) is 4.12. The summed E-state index contributed by atoms with van der Waals surface area (Å²) < 4.78 is 0. The van der Waals surface area contributed by atoms with Crippen molar-refractivity contribution in [3.8, 4) is 0 Å². The number of nitrogens with one attached hydrogen (secondary N) is 1. The number of thiophene rings is 1. The van der Waals surface area contributed by atoms with E-state index in [1.54, 1.807) is 0 Å². The van der Waals surface area contributed by atoms with E-state index in [0.717, 1.165) is 5.92 Å². The maximum absolute atomic E-state index is 3.57. The number of rotatable bonds is 4. The van der Waals surface area contributed by atoms with Crippen molar-refractivity contribution in [2.24, 2.45) is 11.3 Å². The van der Waals surface area contributed by atoms with Gasteiger partial charge in [0.1, 0.15) is 0 Å². The molecule has 96 valence electrons. The molecular formula is C15H25NS. The second-order valence-corrected chi connectivity index (χ2v) is 7.05. The monoisotopic (exact) mass is 251 g/mol. The van der Waals surface area contributed by atoms with E-state index in [-0.39, 0.29) is 0 Å². The molecule has 2 unspecified atom stereocenters. The van der Waals surface area contributed by atoms with E-state index in [9.17, 15) is 0 Å². The lowest BCUT2D eigenvalue weighted by Gasteiger charge is -2.43. The predicted octanol–water partition coefficient (Wildman–Crippen LogP) is 4.10. The van der Waals surface area contributed by atoms with Gasteiger partial charge in [-0.05, 0) is 49.1 Å². The van der Waals surface area contributed by atoms with Gasteiger partial charge in [0.25, 0.3) is 0 Å². The molecule has 0 saturated heterocycles. The number of hydrogen-bond donors (Lipinski definition) is 1. The minimum atomic E-state index is 0.503. The van der Waals surface area contributed by atoms with Gasteiger partial charge in [0, 0.05) is 10.9 Å². The Kier molecular flexibility index (Phi) is 4.26. The first-order valence-electron chi connectivity index (χ1n) is 6.83. The summed E-state index contributed by atoms with van der Waals surface area (Å²) in [4.78, 5) is 1.52. The van der Waals surface area contributed by atoms with Crippen LogP contribution in [-0.4, -0.2) is 13.1 Å². The van der Waals surface area contributed by atoms with Crippen molar-refractivity contribution >= 4 is 11.3 Å². The van der Waals surface area contributed by atoms with Gasteiger partial charge in [0.05, 0.1) is 0 Å².